The quantitative estimate of drug-likeness (QED) is 0.783. The van der Waals surface area contributed by atoms with Gasteiger partial charge in [-0.3, -0.25) is 9.59 Å². The Morgan fingerprint density at radius 3 is 2.33 bits per heavy atom. The van der Waals surface area contributed by atoms with Crippen molar-refractivity contribution in [1.29, 1.82) is 0 Å². The summed E-state index contributed by atoms with van der Waals surface area (Å²) in [7, 11) is 0. The van der Waals surface area contributed by atoms with E-state index in [9.17, 15) is 14.7 Å². The predicted molar refractivity (Wildman–Crippen MR) is 94.2 cm³/mol. The number of primary amides is 1. The molecule has 0 aliphatic carbocycles. The highest BCUT2D eigenvalue weighted by Crippen LogP contribution is 2.34. The molecule has 24 heavy (non-hydrogen) atoms. The molecule has 2 aromatic rings. The molecule has 1 aromatic carbocycles. The number of imidazole rings is 1. The minimum atomic E-state index is -0.904. The molecule has 0 bridgehead atoms. The highest BCUT2D eigenvalue weighted by Gasteiger charge is 2.28. The van der Waals surface area contributed by atoms with E-state index in [0.717, 1.165) is 16.2 Å². The molecule has 0 aliphatic heterocycles. The molecule has 0 atom stereocenters. The molecule has 1 amide bonds. The Labute approximate surface area is 145 Å². The summed E-state index contributed by atoms with van der Waals surface area (Å²) in [5.74, 6) is -0.728. The number of carboxylic acid groups (broad SMARTS) is 1. The number of thioether (sulfide) groups is 1. The topological polar surface area (TPSA) is 98.2 Å². The van der Waals surface area contributed by atoms with Crippen molar-refractivity contribution in [3.8, 4) is 11.4 Å². The zero-order valence-electron chi connectivity index (χ0n) is 14.2. The zero-order chi connectivity index (χ0) is 18.1. The molecule has 6 nitrogen and oxygen atoms in total. The Morgan fingerprint density at radius 2 is 1.88 bits per heavy atom. The second-order valence-electron chi connectivity index (χ2n) is 5.92. The van der Waals surface area contributed by atoms with E-state index < -0.39 is 16.6 Å². The summed E-state index contributed by atoms with van der Waals surface area (Å²) in [6.45, 7) is 7.80. The molecular formula is C17H21N3O3S. The van der Waals surface area contributed by atoms with E-state index >= 15 is 0 Å². The first-order valence-electron chi connectivity index (χ1n) is 7.57. The summed E-state index contributed by atoms with van der Waals surface area (Å²) < 4.78 is 1.03. The first-order valence-corrected chi connectivity index (χ1v) is 8.38. The van der Waals surface area contributed by atoms with Crippen molar-refractivity contribution in [2.75, 3.05) is 0 Å². The fourth-order valence-electron chi connectivity index (χ4n) is 2.38. The third kappa shape index (κ3) is 3.46. The molecule has 0 radical (unpaired) electrons. The number of carbonyl (C=O) groups is 2. The lowest BCUT2D eigenvalue weighted by molar-refractivity contribution is -0.138. The van der Waals surface area contributed by atoms with E-state index in [1.165, 1.54) is 11.8 Å². The largest absolute Gasteiger partial charge is 0.480 e. The van der Waals surface area contributed by atoms with Crippen molar-refractivity contribution in [1.82, 2.24) is 9.55 Å². The molecule has 7 heteroatoms. The van der Waals surface area contributed by atoms with Crippen LogP contribution in [0.3, 0.4) is 0 Å². The van der Waals surface area contributed by atoms with E-state index in [1.54, 1.807) is 13.8 Å². The highest BCUT2D eigenvalue weighted by molar-refractivity contribution is 8.01. The number of rotatable bonds is 6. The van der Waals surface area contributed by atoms with Gasteiger partial charge in [-0.05, 0) is 39.8 Å². The van der Waals surface area contributed by atoms with E-state index in [2.05, 4.69) is 4.98 Å². The average Bonchev–Trinajstić information content (AvgIpc) is 2.84. The highest BCUT2D eigenvalue weighted by atomic mass is 32.2. The Balaban J connectivity index is 2.37. The van der Waals surface area contributed by atoms with Gasteiger partial charge < -0.3 is 15.4 Å². The Hall–Kier alpha value is -2.28. The van der Waals surface area contributed by atoms with Crippen LogP contribution in [0.5, 0.6) is 0 Å². The lowest BCUT2D eigenvalue weighted by Gasteiger charge is -2.18. The molecule has 0 saturated heterocycles. The fraction of sp³-hybridized carbons (Fsp3) is 0.353. The van der Waals surface area contributed by atoms with Gasteiger partial charge >= 0.3 is 5.97 Å². The van der Waals surface area contributed by atoms with Crippen molar-refractivity contribution in [3.05, 3.63) is 35.7 Å². The van der Waals surface area contributed by atoms with Crippen LogP contribution in [0.25, 0.3) is 11.4 Å². The van der Waals surface area contributed by atoms with Crippen molar-refractivity contribution in [2.45, 2.75) is 43.9 Å². The van der Waals surface area contributed by atoms with Gasteiger partial charge in [0.1, 0.15) is 16.3 Å². The van der Waals surface area contributed by atoms with E-state index in [4.69, 9.17) is 5.73 Å². The van der Waals surface area contributed by atoms with Crippen molar-refractivity contribution in [2.24, 2.45) is 5.73 Å². The maximum atomic E-state index is 11.5. The van der Waals surface area contributed by atoms with Crippen LogP contribution in [0.2, 0.25) is 0 Å². The molecule has 0 fully saturated rings. The van der Waals surface area contributed by atoms with Crippen molar-refractivity contribution < 1.29 is 14.7 Å². The van der Waals surface area contributed by atoms with Crippen LogP contribution in [0, 0.1) is 6.92 Å². The van der Waals surface area contributed by atoms with Crippen LogP contribution in [-0.2, 0) is 11.3 Å². The molecule has 3 N–H and O–H groups in total. The fourth-order valence-corrected chi connectivity index (χ4v) is 3.33. The number of benzene rings is 1. The number of nitrogens with two attached hydrogens (primary N) is 1. The van der Waals surface area contributed by atoms with Crippen LogP contribution < -0.4 is 5.73 Å². The van der Waals surface area contributed by atoms with Crippen LogP contribution in [0.4, 0.5) is 0 Å². The van der Waals surface area contributed by atoms with Gasteiger partial charge in [0.05, 0.1) is 0 Å². The number of amides is 1. The summed E-state index contributed by atoms with van der Waals surface area (Å²) in [5, 5.41) is 9.21. The minimum Gasteiger partial charge on any atom is -0.480 e. The van der Waals surface area contributed by atoms with E-state index in [1.807, 2.05) is 42.7 Å². The summed E-state index contributed by atoms with van der Waals surface area (Å²) in [4.78, 5) is 27.9. The maximum absolute atomic E-state index is 11.5. The molecule has 1 heterocycles. The smallest absolute Gasteiger partial charge is 0.319 e. The minimum absolute atomic E-state index is 0.275. The standard InChI is InChI=1S/C17H21N3O3S/c1-5-20-10(2)13(14(18)21)19-15(20)11-6-8-12(9-7-11)24-17(3,4)16(22)23/h6-9H,5H2,1-4H3,(H2,18,21)(H,22,23). The molecular weight excluding hydrogens is 326 g/mol. The lowest BCUT2D eigenvalue weighted by Crippen LogP contribution is -2.26. The second kappa shape index (κ2) is 6.68. The predicted octanol–water partition coefficient (Wildman–Crippen LogP) is 2.93. The first-order chi connectivity index (χ1) is 11.2. The molecule has 0 spiro atoms. The molecule has 0 aliphatic rings. The number of aromatic nitrogens is 2. The summed E-state index contributed by atoms with van der Waals surface area (Å²) >= 11 is 1.28. The van der Waals surface area contributed by atoms with Crippen LogP contribution in [-0.4, -0.2) is 31.3 Å². The Bertz CT molecular complexity index is 779. The molecule has 1 aromatic heterocycles. The monoisotopic (exact) mass is 347 g/mol. The van der Waals surface area contributed by atoms with Gasteiger partial charge in [-0.15, -0.1) is 11.8 Å². The zero-order valence-corrected chi connectivity index (χ0v) is 15.0. The van der Waals surface area contributed by atoms with Crippen molar-refractivity contribution >= 4 is 23.6 Å². The summed E-state index contributed by atoms with van der Waals surface area (Å²) in [6.07, 6.45) is 0. The van der Waals surface area contributed by atoms with E-state index in [-0.39, 0.29) is 5.69 Å². The number of nitrogens with zero attached hydrogens (tertiary/aromatic N) is 2. The van der Waals surface area contributed by atoms with Gasteiger partial charge in [0, 0.05) is 22.7 Å². The number of hydrogen-bond donors (Lipinski definition) is 2. The number of aliphatic carboxylic acids is 1. The van der Waals surface area contributed by atoms with Gasteiger partial charge in [-0.25, -0.2) is 4.98 Å². The van der Waals surface area contributed by atoms with Gasteiger partial charge in [0.15, 0.2) is 0 Å². The number of carboxylic acids is 1. The molecule has 128 valence electrons. The molecule has 0 unspecified atom stereocenters. The normalized spacial score (nSPS) is 11.5. The van der Waals surface area contributed by atoms with Gasteiger partial charge in [0.25, 0.3) is 5.91 Å². The van der Waals surface area contributed by atoms with Gasteiger partial charge in [0.2, 0.25) is 0 Å². The average molecular weight is 347 g/mol. The van der Waals surface area contributed by atoms with Gasteiger partial charge in [-0.2, -0.15) is 0 Å². The third-order valence-electron chi connectivity index (χ3n) is 3.77. The maximum Gasteiger partial charge on any atom is 0.319 e. The lowest BCUT2D eigenvalue weighted by atomic mass is 10.2. The van der Waals surface area contributed by atoms with Crippen LogP contribution in [0.1, 0.15) is 37.0 Å². The summed E-state index contributed by atoms with van der Waals surface area (Å²) in [5.41, 5.74) is 7.25. The Morgan fingerprint density at radius 1 is 1.29 bits per heavy atom. The van der Waals surface area contributed by atoms with Crippen LogP contribution >= 0.6 is 11.8 Å². The van der Waals surface area contributed by atoms with Crippen LogP contribution in [0.15, 0.2) is 29.2 Å². The second-order valence-corrected chi connectivity index (χ2v) is 7.62. The molecule has 0 saturated carbocycles. The summed E-state index contributed by atoms with van der Waals surface area (Å²) in [6, 6.07) is 7.47. The third-order valence-corrected chi connectivity index (χ3v) is 4.96. The Kier molecular flexibility index (Phi) is 5.03. The van der Waals surface area contributed by atoms with Crippen molar-refractivity contribution in [3.63, 3.8) is 0 Å². The van der Waals surface area contributed by atoms with Gasteiger partial charge in [-0.1, -0.05) is 12.1 Å². The van der Waals surface area contributed by atoms with E-state index in [0.29, 0.717) is 12.4 Å². The first kappa shape index (κ1) is 18.1. The number of carbonyl (C=O) groups excluding carboxylic acids is 1. The molecule has 2 rings (SSSR count). The number of hydrogen-bond acceptors (Lipinski definition) is 4. The SMILES string of the molecule is CCn1c(-c2ccc(SC(C)(C)C(=O)O)cc2)nc(C(N)=O)c1C.